The number of azo groups is 1. The Hall–Kier alpha value is -4.62. The lowest BCUT2D eigenvalue weighted by molar-refractivity contribution is 0.238. The molecule has 0 fully saturated rings. The Morgan fingerprint density at radius 2 is 1.35 bits per heavy atom. The third-order valence-corrected chi connectivity index (χ3v) is 6.75. The molecule has 5 aromatic carbocycles. The Morgan fingerprint density at radius 3 is 2.11 bits per heavy atom. The van der Waals surface area contributed by atoms with Gasteiger partial charge in [-0.05, 0) is 49.4 Å². The Bertz CT molecular complexity index is 1620. The van der Waals surface area contributed by atoms with Crippen LogP contribution in [0.4, 0.5) is 34.1 Å². The van der Waals surface area contributed by atoms with Crippen molar-refractivity contribution in [3.05, 3.63) is 97.1 Å². The van der Waals surface area contributed by atoms with Crippen LogP contribution in [0.5, 0.6) is 0 Å². The van der Waals surface area contributed by atoms with Gasteiger partial charge in [0.2, 0.25) is 0 Å². The van der Waals surface area contributed by atoms with Crippen molar-refractivity contribution in [2.24, 2.45) is 10.2 Å². The van der Waals surface area contributed by atoms with Crippen molar-refractivity contribution >= 4 is 55.7 Å². The summed E-state index contributed by atoms with van der Waals surface area (Å²) < 4.78 is 0. The number of anilines is 4. The standard InChI is InChI=1S/C30H28N6O/c1-30(19-37)31-27-14-8-13-23-25(16-18-28(32-30)29(23)27)34-33-24-15-17-26(22-12-7-6-11-21(22)24)35-36(2)20-9-4-3-5-10-20/h3-18,31-32,35,37H,19H2,1-2H3/b34-33+. The molecule has 0 aromatic heterocycles. The van der Waals surface area contributed by atoms with Crippen molar-refractivity contribution in [3.8, 4) is 0 Å². The van der Waals surface area contributed by atoms with Crippen LogP contribution < -0.4 is 21.1 Å². The number of nitrogens with zero attached hydrogens (tertiary/aromatic N) is 3. The summed E-state index contributed by atoms with van der Waals surface area (Å²) in [6.45, 7) is 1.90. The van der Waals surface area contributed by atoms with Crippen molar-refractivity contribution in [2.45, 2.75) is 12.6 Å². The highest BCUT2D eigenvalue weighted by Gasteiger charge is 2.29. The third kappa shape index (κ3) is 4.19. The quantitative estimate of drug-likeness (QED) is 0.148. The maximum atomic E-state index is 9.84. The molecular formula is C30H28N6O. The van der Waals surface area contributed by atoms with Crippen LogP contribution in [0.15, 0.2) is 107 Å². The van der Waals surface area contributed by atoms with Gasteiger partial charge in [-0.15, -0.1) is 10.2 Å². The maximum Gasteiger partial charge on any atom is 0.129 e. The van der Waals surface area contributed by atoms with Crippen LogP contribution in [0.25, 0.3) is 21.5 Å². The van der Waals surface area contributed by atoms with Gasteiger partial charge in [-0.25, -0.2) is 0 Å². The van der Waals surface area contributed by atoms with Crippen LogP contribution in [0, 0.1) is 0 Å². The van der Waals surface area contributed by atoms with Crippen molar-refractivity contribution in [1.29, 1.82) is 0 Å². The van der Waals surface area contributed by atoms with Crippen LogP contribution >= 0.6 is 0 Å². The topological polar surface area (TPSA) is 84.3 Å². The molecular weight excluding hydrogens is 460 g/mol. The molecule has 1 atom stereocenters. The van der Waals surface area contributed by atoms with Gasteiger partial charge in [0.15, 0.2) is 0 Å². The molecule has 37 heavy (non-hydrogen) atoms. The molecule has 4 N–H and O–H groups in total. The number of fused-ring (bicyclic) bond motifs is 1. The number of para-hydroxylation sites is 1. The SMILES string of the molecule is CN(Nc1ccc(/N=N/c2ccc3c4c(cccc24)NC(C)(CO)N3)c2ccccc12)c1ccccc1. The molecule has 184 valence electrons. The van der Waals surface area contributed by atoms with E-state index < -0.39 is 5.66 Å². The molecule has 7 nitrogen and oxygen atoms in total. The van der Waals surface area contributed by atoms with Gasteiger partial charge in [-0.3, -0.25) is 10.4 Å². The lowest BCUT2D eigenvalue weighted by Gasteiger charge is -2.37. The van der Waals surface area contributed by atoms with Crippen molar-refractivity contribution in [3.63, 3.8) is 0 Å². The Balaban J connectivity index is 1.35. The predicted molar refractivity (Wildman–Crippen MR) is 153 cm³/mol. The van der Waals surface area contributed by atoms with Gasteiger partial charge in [0.1, 0.15) is 5.66 Å². The summed E-state index contributed by atoms with van der Waals surface area (Å²) >= 11 is 0. The van der Waals surface area contributed by atoms with Gasteiger partial charge in [0, 0.05) is 40.0 Å². The van der Waals surface area contributed by atoms with Crippen LogP contribution in [-0.2, 0) is 0 Å². The normalized spacial score (nSPS) is 16.5. The summed E-state index contributed by atoms with van der Waals surface area (Å²) in [6.07, 6.45) is 0. The van der Waals surface area contributed by atoms with E-state index in [9.17, 15) is 5.11 Å². The number of aliphatic hydroxyl groups is 1. The minimum absolute atomic E-state index is 0.0383. The van der Waals surface area contributed by atoms with Crippen molar-refractivity contribution < 1.29 is 5.11 Å². The van der Waals surface area contributed by atoms with Crippen LogP contribution in [0.3, 0.4) is 0 Å². The molecule has 1 aliphatic heterocycles. The average Bonchev–Trinajstić information content (AvgIpc) is 2.94. The number of nitrogens with one attached hydrogen (secondary N) is 3. The summed E-state index contributed by atoms with van der Waals surface area (Å²) in [5.41, 5.74) is 8.44. The van der Waals surface area contributed by atoms with Gasteiger partial charge < -0.3 is 15.7 Å². The highest BCUT2D eigenvalue weighted by Crippen LogP contribution is 2.42. The summed E-state index contributed by atoms with van der Waals surface area (Å²) in [6, 6.07) is 32.5. The molecule has 1 heterocycles. The van der Waals surface area contributed by atoms with Crippen LogP contribution in [0.1, 0.15) is 6.92 Å². The molecule has 1 unspecified atom stereocenters. The Kier molecular flexibility index (Phi) is 5.62. The summed E-state index contributed by atoms with van der Waals surface area (Å²) in [4.78, 5) is 0. The molecule has 7 heteroatoms. The fourth-order valence-corrected chi connectivity index (χ4v) is 4.86. The highest BCUT2D eigenvalue weighted by molar-refractivity contribution is 6.09. The Morgan fingerprint density at radius 1 is 0.730 bits per heavy atom. The van der Waals surface area contributed by atoms with Crippen LogP contribution in [-0.4, -0.2) is 24.4 Å². The first-order valence-electron chi connectivity index (χ1n) is 12.3. The second-order valence-electron chi connectivity index (χ2n) is 9.48. The number of hydrogen-bond donors (Lipinski definition) is 4. The summed E-state index contributed by atoms with van der Waals surface area (Å²) in [5, 5.41) is 32.1. The Labute approximate surface area is 215 Å². The molecule has 1 aliphatic rings. The minimum Gasteiger partial charge on any atom is -0.392 e. The number of rotatable bonds is 6. The second-order valence-corrected chi connectivity index (χ2v) is 9.48. The number of benzene rings is 5. The van der Waals surface area contributed by atoms with E-state index >= 15 is 0 Å². The molecule has 0 saturated carbocycles. The van der Waals surface area contributed by atoms with Gasteiger partial charge in [0.05, 0.1) is 29.4 Å². The molecule has 0 radical (unpaired) electrons. The molecule has 0 amide bonds. The fourth-order valence-electron chi connectivity index (χ4n) is 4.86. The smallest absolute Gasteiger partial charge is 0.129 e. The van der Waals surface area contributed by atoms with Crippen molar-refractivity contribution in [1.82, 2.24) is 0 Å². The zero-order valence-corrected chi connectivity index (χ0v) is 20.7. The molecule has 0 spiro atoms. The van der Waals surface area contributed by atoms with Gasteiger partial charge >= 0.3 is 0 Å². The van der Waals surface area contributed by atoms with Gasteiger partial charge in [-0.2, -0.15) is 0 Å². The van der Waals surface area contributed by atoms with E-state index in [-0.39, 0.29) is 6.61 Å². The molecule has 5 aromatic rings. The fraction of sp³-hybridized carbons (Fsp3) is 0.133. The largest absolute Gasteiger partial charge is 0.392 e. The maximum absolute atomic E-state index is 9.84. The highest BCUT2D eigenvalue weighted by atomic mass is 16.3. The lowest BCUT2D eigenvalue weighted by Crippen LogP contribution is -2.48. The van der Waals surface area contributed by atoms with Crippen molar-refractivity contribution in [2.75, 3.05) is 34.7 Å². The number of hydrazine groups is 1. The molecule has 0 saturated heterocycles. The van der Waals surface area contributed by atoms with Gasteiger partial charge in [-0.1, -0.05) is 54.6 Å². The molecule has 6 rings (SSSR count). The number of aliphatic hydroxyl groups excluding tert-OH is 1. The second kappa shape index (κ2) is 9.11. The van der Waals surface area contributed by atoms with Crippen LogP contribution in [0.2, 0.25) is 0 Å². The number of hydrogen-bond acceptors (Lipinski definition) is 7. The molecule has 0 aliphatic carbocycles. The zero-order chi connectivity index (χ0) is 25.4. The van der Waals surface area contributed by atoms with E-state index in [1.54, 1.807) is 0 Å². The lowest BCUT2D eigenvalue weighted by atomic mass is 9.99. The first kappa shape index (κ1) is 22.8. The van der Waals surface area contributed by atoms with E-state index in [0.717, 1.165) is 55.7 Å². The zero-order valence-electron chi connectivity index (χ0n) is 20.7. The van der Waals surface area contributed by atoms with E-state index in [1.165, 1.54) is 0 Å². The first-order chi connectivity index (χ1) is 18.0. The van der Waals surface area contributed by atoms with E-state index in [0.29, 0.717) is 0 Å². The summed E-state index contributed by atoms with van der Waals surface area (Å²) in [7, 11) is 2.00. The van der Waals surface area contributed by atoms with E-state index in [2.05, 4.69) is 50.6 Å². The van der Waals surface area contributed by atoms with E-state index in [4.69, 9.17) is 0 Å². The third-order valence-electron chi connectivity index (χ3n) is 6.75. The minimum atomic E-state index is -0.617. The van der Waals surface area contributed by atoms with Gasteiger partial charge in [0.25, 0.3) is 0 Å². The monoisotopic (exact) mass is 488 g/mol. The first-order valence-corrected chi connectivity index (χ1v) is 12.3. The van der Waals surface area contributed by atoms with E-state index in [1.807, 2.05) is 91.8 Å². The summed E-state index contributed by atoms with van der Waals surface area (Å²) in [5.74, 6) is 0. The molecule has 0 bridgehead atoms. The average molecular weight is 489 g/mol. The predicted octanol–water partition coefficient (Wildman–Crippen LogP) is 7.42.